The van der Waals surface area contributed by atoms with E-state index in [9.17, 15) is 5.11 Å². The molecule has 0 amide bonds. The lowest BCUT2D eigenvalue weighted by atomic mass is 9.80. The number of hydrogen-bond donors (Lipinski definition) is 1. The zero-order valence-electron chi connectivity index (χ0n) is 15.8. The molecule has 0 aliphatic heterocycles. The van der Waals surface area contributed by atoms with Gasteiger partial charge in [0.25, 0.3) is 0 Å². The van der Waals surface area contributed by atoms with E-state index in [0.717, 1.165) is 32.6 Å². The Morgan fingerprint density at radius 3 is 2.63 bits per heavy atom. The van der Waals surface area contributed by atoms with Crippen LogP contribution in [0, 0.1) is 0 Å². The van der Waals surface area contributed by atoms with Gasteiger partial charge in [0.15, 0.2) is 5.58 Å². The maximum Gasteiger partial charge on any atom is 0.310 e. The normalized spacial score (nSPS) is 13.0. The largest absolute Gasteiger partial charge is 0.454 e. The smallest absolute Gasteiger partial charge is 0.310 e. The average Bonchev–Trinajstić information content (AvgIpc) is 2.98. The van der Waals surface area contributed by atoms with Crippen LogP contribution in [0.25, 0.3) is 32.7 Å². The van der Waals surface area contributed by atoms with Gasteiger partial charge < -0.3 is 14.2 Å². The number of hydrogen-bond acceptors (Lipinski definition) is 4. The minimum Gasteiger partial charge on any atom is -0.454 e. The van der Waals surface area contributed by atoms with Gasteiger partial charge in [0.1, 0.15) is 5.58 Å². The van der Waals surface area contributed by atoms with Crippen LogP contribution in [0.5, 0.6) is 0 Å². The molecule has 27 heavy (non-hydrogen) atoms. The Balaban J connectivity index is 1.88. The lowest BCUT2D eigenvalue weighted by Crippen LogP contribution is -2.49. The van der Waals surface area contributed by atoms with Crippen molar-refractivity contribution in [1.82, 2.24) is 4.98 Å². The first-order chi connectivity index (χ1) is 12.7. The van der Waals surface area contributed by atoms with E-state index in [0.29, 0.717) is 18.1 Å². The van der Waals surface area contributed by atoms with Crippen LogP contribution in [0.15, 0.2) is 47.1 Å². The van der Waals surface area contributed by atoms with Gasteiger partial charge in [0, 0.05) is 28.6 Å². The Morgan fingerprint density at radius 2 is 1.89 bits per heavy atom. The van der Waals surface area contributed by atoms with Crippen molar-refractivity contribution >= 4 is 57.3 Å². The van der Waals surface area contributed by atoms with Crippen molar-refractivity contribution in [3.8, 4) is 0 Å². The van der Waals surface area contributed by atoms with Crippen LogP contribution in [0.2, 0.25) is 5.02 Å². The highest BCUT2D eigenvalue weighted by Gasteiger charge is 2.36. The molecule has 2 aromatic carbocycles. The number of nitrogens with zero attached hydrogens (tertiary/aromatic N) is 1. The van der Waals surface area contributed by atoms with E-state index in [-0.39, 0.29) is 0 Å². The minimum atomic E-state index is -0.972. The third kappa shape index (κ3) is 3.10. The Kier molecular flexibility index (Phi) is 4.22. The molecule has 0 atom stereocenters. The first kappa shape index (κ1) is 18.3. The monoisotopic (exact) mass is 381 g/mol. The molecule has 2 heterocycles. The number of aromatic nitrogens is 1. The molecule has 0 aliphatic rings. The average molecular weight is 382 g/mol. The predicted octanol–water partition coefficient (Wildman–Crippen LogP) is 4.33. The van der Waals surface area contributed by atoms with Gasteiger partial charge in [-0.05, 0) is 62.8 Å². The zero-order valence-corrected chi connectivity index (χ0v) is 16.6. The maximum absolute atomic E-state index is 10.4. The summed E-state index contributed by atoms with van der Waals surface area (Å²) in [5.41, 5.74) is 0.703. The highest BCUT2D eigenvalue weighted by molar-refractivity contribution is 6.54. The van der Waals surface area contributed by atoms with Crippen LogP contribution in [-0.4, -0.2) is 28.8 Å². The van der Waals surface area contributed by atoms with Crippen LogP contribution in [0.3, 0.4) is 0 Å². The summed E-state index contributed by atoms with van der Waals surface area (Å²) in [5.74, 6) is 0. The van der Waals surface area contributed by atoms with E-state index >= 15 is 0 Å². The molecule has 1 N–H and O–H groups in total. The van der Waals surface area contributed by atoms with Gasteiger partial charge >= 0.3 is 7.48 Å². The van der Waals surface area contributed by atoms with E-state index in [2.05, 4.69) is 11.1 Å². The zero-order chi connectivity index (χ0) is 19.4. The van der Waals surface area contributed by atoms with Gasteiger partial charge in [-0.15, -0.1) is 0 Å². The molecule has 138 valence electrons. The fourth-order valence-corrected chi connectivity index (χ4v) is 3.25. The number of fused-ring (bicyclic) bond motifs is 4. The van der Waals surface area contributed by atoms with Crippen LogP contribution in [0.4, 0.5) is 0 Å². The van der Waals surface area contributed by atoms with Crippen molar-refractivity contribution in [2.45, 2.75) is 38.9 Å². The van der Waals surface area contributed by atoms with Gasteiger partial charge in [-0.1, -0.05) is 17.7 Å². The molecule has 0 bridgehead atoms. The topological polar surface area (TPSA) is 55.5 Å². The van der Waals surface area contributed by atoms with Crippen molar-refractivity contribution in [3.05, 3.63) is 47.7 Å². The van der Waals surface area contributed by atoms with E-state index in [1.807, 2.05) is 44.3 Å². The highest BCUT2D eigenvalue weighted by atomic mass is 35.5. The van der Waals surface area contributed by atoms with Crippen molar-refractivity contribution in [2.75, 3.05) is 0 Å². The fraction of sp³-hybridized carbons (Fsp3) is 0.286. The number of aliphatic hydroxyl groups is 1. The number of rotatable bonds is 4. The summed E-state index contributed by atoms with van der Waals surface area (Å²) in [6.45, 7) is 7.26. The Morgan fingerprint density at radius 1 is 1.11 bits per heavy atom. The second kappa shape index (κ2) is 6.23. The van der Waals surface area contributed by atoms with Crippen molar-refractivity contribution in [1.29, 1.82) is 0 Å². The van der Waals surface area contributed by atoms with Gasteiger partial charge in [-0.3, -0.25) is 4.98 Å². The van der Waals surface area contributed by atoms with Gasteiger partial charge in [0.2, 0.25) is 0 Å². The molecule has 2 aromatic heterocycles. The summed E-state index contributed by atoms with van der Waals surface area (Å²) in [4.78, 5) is 4.18. The van der Waals surface area contributed by atoms with Crippen LogP contribution >= 0.6 is 11.6 Å². The van der Waals surface area contributed by atoms with E-state index < -0.39 is 11.2 Å². The summed E-state index contributed by atoms with van der Waals surface area (Å²) >= 11 is 6.41. The first-order valence-electron chi connectivity index (χ1n) is 8.91. The van der Waals surface area contributed by atoms with E-state index in [4.69, 9.17) is 20.7 Å². The Bertz CT molecular complexity index is 1160. The van der Waals surface area contributed by atoms with Gasteiger partial charge in [-0.2, -0.15) is 0 Å². The lowest BCUT2D eigenvalue weighted by Gasteiger charge is -2.37. The summed E-state index contributed by atoms with van der Waals surface area (Å²) in [6, 6.07) is 9.84. The SMILES string of the molecule is CC(C)(O)C(C)(C)OBc1ccc(Cl)c2oc3cc4cnccc4cc3c12. The van der Waals surface area contributed by atoms with Crippen molar-refractivity contribution in [2.24, 2.45) is 0 Å². The first-order valence-corrected chi connectivity index (χ1v) is 9.29. The summed E-state index contributed by atoms with van der Waals surface area (Å²) in [5, 5.41) is 15.0. The number of furan rings is 1. The molecule has 4 aromatic rings. The quantitative estimate of drug-likeness (QED) is 0.535. The van der Waals surface area contributed by atoms with Crippen molar-refractivity contribution in [3.63, 3.8) is 0 Å². The van der Waals surface area contributed by atoms with E-state index in [1.54, 1.807) is 20.0 Å². The van der Waals surface area contributed by atoms with Crippen LogP contribution in [0.1, 0.15) is 27.7 Å². The highest BCUT2D eigenvalue weighted by Crippen LogP contribution is 2.34. The molecular formula is C21H21BClNO3. The molecule has 4 nitrogen and oxygen atoms in total. The third-order valence-electron chi connectivity index (χ3n) is 5.48. The Labute approximate surface area is 163 Å². The second-order valence-electron chi connectivity index (χ2n) is 7.94. The van der Waals surface area contributed by atoms with E-state index in [1.165, 1.54) is 0 Å². The van der Waals surface area contributed by atoms with Gasteiger partial charge in [0.05, 0.1) is 16.2 Å². The molecule has 0 radical (unpaired) electrons. The van der Waals surface area contributed by atoms with Crippen LogP contribution < -0.4 is 5.46 Å². The molecule has 6 heteroatoms. The number of pyridine rings is 1. The molecule has 0 aliphatic carbocycles. The molecule has 0 saturated heterocycles. The lowest BCUT2D eigenvalue weighted by molar-refractivity contribution is -0.0893. The number of benzene rings is 2. The molecular weight excluding hydrogens is 361 g/mol. The summed E-state index contributed by atoms with van der Waals surface area (Å²) in [6.07, 6.45) is 3.60. The number of halogens is 1. The third-order valence-corrected chi connectivity index (χ3v) is 5.78. The fourth-order valence-electron chi connectivity index (χ4n) is 3.05. The summed E-state index contributed by atoms with van der Waals surface area (Å²) < 4.78 is 12.2. The summed E-state index contributed by atoms with van der Waals surface area (Å²) in [7, 11) is 0.341. The van der Waals surface area contributed by atoms with Crippen LogP contribution in [-0.2, 0) is 4.65 Å². The molecule has 0 unspecified atom stereocenters. The Hall–Kier alpha value is -2.08. The molecule has 0 fully saturated rings. The second-order valence-corrected chi connectivity index (χ2v) is 8.35. The van der Waals surface area contributed by atoms with Crippen molar-refractivity contribution < 1.29 is 14.2 Å². The standard InChI is InChI=1S/C21H21BClNO3/c1-20(2,25)21(3,4)27-22-15-5-6-16(23)19-18(15)14-9-12-7-8-24-11-13(12)10-17(14)26-19/h5-11,22,25H,1-4H3. The molecule has 4 rings (SSSR count). The van der Waals surface area contributed by atoms with Gasteiger partial charge in [-0.25, -0.2) is 0 Å². The molecule has 0 spiro atoms. The molecule has 0 saturated carbocycles. The minimum absolute atomic E-state index is 0.341. The maximum atomic E-state index is 10.4. The predicted molar refractivity (Wildman–Crippen MR) is 112 cm³/mol.